The van der Waals surface area contributed by atoms with Gasteiger partial charge in [-0.05, 0) is 87.8 Å². The van der Waals surface area contributed by atoms with Crippen molar-refractivity contribution < 1.29 is 9.53 Å². The SMILES string of the molecule is Cc1cccc(-c2ccc3c(C#N)c(-c4ccc(NC(=O)O[C@H](C)C5CC5)cc4)n(C4CCC4)c3c2)n1. The normalized spacial score (nSPS) is 16.1. The van der Waals surface area contributed by atoms with Crippen LogP contribution in [0.15, 0.2) is 60.7 Å². The van der Waals surface area contributed by atoms with Crippen molar-refractivity contribution in [3.8, 4) is 28.6 Å². The monoisotopic (exact) mass is 490 g/mol. The molecule has 2 fully saturated rings. The molecule has 4 aromatic rings. The number of fused-ring (bicyclic) bond motifs is 1. The quantitative estimate of drug-likeness (QED) is 0.301. The van der Waals surface area contributed by atoms with Crippen LogP contribution in [0.3, 0.4) is 0 Å². The summed E-state index contributed by atoms with van der Waals surface area (Å²) in [6.45, 7) is 3.94. The van der Waals surface area contributed by atoms with Crippen molar-refractivity contribution >= 4 is 22.7 Å². The Labute approximate surface area is 216 Å². The van der Waals surface area contributed by atoms with Crippen molar-refractivity contribution in [1.82, 2.24) is 9.55 Å². The number of aryl methyl sites for hydroxylation is 1. The molecule has 2 aromatic carbocycles. The van der Waals surface area contributed by atoms with E-state index in [4.69, 9.17) is 9.72 Å². The summed E-state index contributed by atoms with van der Waals surface area (Å²) in [7, 11) is 0. The lowest BCUT2D eigenvalue weighted by Crippen LogP contribution is -2.21. The molecular formula is C31H30N4O2. The molecule has 186 valence electrons. The molecule has 0 aliphatic heterocycles. The van der Waals surface area contributed by atoms with Crippen LogP contribution in [0.25, 0.3) is 33.4 Å². The molecule has 2 aromatic heterocycles. The summed E-state index contributed by atoms with van der Waals surface area (Å²) in [6, 6.07) is 22.9. The van der Waals surface area contributed by atoms with Gasteiger partial charge in [-0.3, -0.25) is 10.3 Å². The van der Waals surface area contributed by atoms with E-state index in [0.29, 0.717) is 23.2 Å². The number of nitrogens with one attached hydrogen (secondary N) is 1. The van der Waals surface area contributed by atoms with Gasteiger partial charge in [0.15, 0.2) is 0 Å². The minimum Gasteiger partial charge on any atom is -0.446 e. The third-order valence-electron chi connectivity index (χ3n) is 7.72. The predicted molar refractivity (Wildman–Crippen MR) is 145 cm³/mol. The fourth-order valence-corrected chi connectivity index (χ4v) is 5.28. The van der Waals surface area contributed by atoms with E-state index >= 15 is 0 Å². The lowest BCUT2D eigenvalue weighted by atomic mass is 9.92. The molecule has 2 aliphatic carbocycles. The van der Waals surface area contributed by atoms with Crippen LogP contribution in [0.2, 0.25) is 0 Å². The van der Waals surface area contributed by atoms with Crippen LogP contribution in [0, 0.1) is 24.2 Å². The van der Waals surface area contributed by atoms with Crippen LogP contribution in [0.1, 0.15) is 56.3 Å². The third kappa shape index (κ3) is 4.46. The summed E-state index contributed by atoms with van der Waals surface area (Å²) in [5.74, 6) is 0.494. The van der Waals surface area contributed by atoms with Crippen molar-refractivity contribution in [2.45, 2.75) is 58.1 Å². The molecule has 1 amide bonds. The Kier molecular flexibility index (Phi) is 5.92. The molecule has 6 heteroatoms. The van der Waals surface area contributed by atoms with Gasteiger partial charge in [0, 0.05) is 28.4 Å². The van der Waals surface area contributed by atoms with E-state index in [0.717, 1.165) is 64.8 Å². The lowest BCUT2D eigenvalue weighted by Gasteiger charge is -2.30. The Morgan fingerprint density at radius 1 is 1.08 bits per heavy atom. The number of rotatable bonds is 6. The maximum absolute atomic E-state index is 12.3. The molecule has 0 radical (unpaired) electrons. The first-order valence-corrected chi connectivity index (χ1v) is 13.1. The average Bonchev–Trinajstić information content (AvgIpc) is 3.67. The number of carbonyl (C=O) groups excluding carboxylic acids is 1. The van der Waals surface area contributed by atoms with Gasteiger partial charge in [-0.15, -0.1) is 0 Å². The lowest BCUT2D eigenvalue weighted by molar-refractivity contribution is 0.108. The highest BCUT2D eigenvalue weighted by Gasteiger charge is 2.31. The highest BCUT2D eigenvalue weighted by atomic mass is 16.6. The molecule has 1 atom stereocenters. The fourth-order valence-electron chi connectivity index (χ4n) is 5.28. The Hall–Kier alpha value is -4.11. The van der Waals surface area contributed by atoms with E-state index in [2.05, 4.69) is 34.2 Å². The molecule has 6 rings (SSSR count). The molecule has 0 saturated heterocycles. The number of nitriles is 1. The highest BCUT2D eigenvalue weighted by Crippen LogP contribution is 2.43. The van der Waals surface area contributed by atoms with Crippen LogP contribution in [0.4, 0.5) is 10.5 Å². The summed E-state index contributed by atoms with van der Waals surface area (Å²) in [4.78, 5) is 17.0. The van der Waals surface area contributed by atoms with Crippen LogP contribution in [-0.4, -0.2) is 21.7 Å². The second-order valence-corrected chi connectivity index (χ2v) is 10.3. The number of pyridine rings is 1. The van der Waals surface area contributed by atoms with Crippen molar-refractivity contribution in [3.05, 3.63) is 71.9 Å². The Morgan fingerprint density at radius 3 is 2.49 bits per heavy atom. The van der Waals surface area contributed by atoms with Gasteiger partial charge >= 0.3 is 6.09 Å². The second kappa shape index (κ2) is 9.40. The first kappa shape index (κ1) is 23.3. The number of aromatic nitrogens is 2. The summed E-state index contributed by atoms with van der Waals surface area (Å²) in [6.07, 6.45) is 5.15. The van der Waals surface area contributed by atoms with E-state index in [1.807, 2.05) is 56.3 Å². The van der Waals surface area contributed by atoms with Gasteiger partial charge in [-0.1, -0.05) is 30.3 Å². The van der Waals surface area contributed by atoms with Gasteiger partial charge in [0.05, 0.1) is 22.5 Å². The first-order valence-electron chi connectivity index (χ1n) is 13.1. The van der Waals surface area contributed by atoms with Gasteiger partial charge in [0.1, 0.15) is 12.2 Å². The number of amides is 1. The molecule has 2 aliphatic rings. The molecule has 2 saturated carbocycles. The Balaban J connectivity index is 1.38. The van der Waals surface area contributed by atoms with Crippen molar-refractivity contribution in [2.24, 2.45) is 5.92 Å². The Bertz CT molecular complexity index is 1520. The molecule has 0 spiro atoms. The van der Waals surface area contributed by atoms with Crippen molar-refractivity contribution in [3.63, 3.8) is 0 Å². The summed E-state index contributed by atoms with van der Waals surface area (Å²) < 4.78 is 7.85. The molecular weight excluding hydrogens is 460 g/mol. The number of anilines is 1. The smallest absolute Gasteiger partial charge is 0.411 e. The summed E-state index contributed by atoms with van der Waals surface area (Å²) in [5, 5.41) is 14.0. The zero-order chi connectivity index (χ0) is 25.5. The number of benzene rings is 2. The van der Waals surface area contributed by atoms with Crippen LogP contribution < -0.4 is 5.32 Å². The van der Waals surface area contributed by atoms with E-state index in [9.17, 15) is 10.1 Å². The van der Waals surface area contributed by atoms with E-state index in [1.165, 1.54) is 6.42 Å². The molecule has 37 heavy (non-hydrogen) atoms. The van der Waals surface area contributed by atoms with Crippen molar-refractivity contribution in [2.75, 3.05) is 5.32 Å². The number of ether oxygens (including phenoxy) is 1. The first-order chi connectivity index (χ1) is 18.0. The fraction of sp³-hybridized carbons (Fsp3) is 0.323. The van der Waals surface area contributed by atoms with E-state index in [-0.39, 0.29) is 6.10 Å². The van der Waals surface area contributed by atoms with Gasteiger partial charge in [0.25, 0.3) is 0 Å². The largest absolute Gasteiger partial charge is 0.446 e. The molecule has 1 N–H and O–H groups in total. The van der Waals surface area contributed by atoms with E-state index in [1.54, 1.807) is 0 Å². The number of hydrogen-bond donors (Lipinski definition) is 1. The predicted octanol–water partition coefficient (Wildman–Crippen LogP) is 7.62. The standard InChI is InChI=1S/C31H30N4O2/c1-19-5-3-8-28(33-19)23-13-16-26-27(18-32)30(35(29(26)17-23)25-6-4-7-25)22-11-14-24(15-12-22)34-31(36)37-20(2)21-9-10-21/h3,5,8,11-17,20-21,25H,4,6-7,9-10H2,1-2H3,(H,34,36)/t20-/m1/s1. The molecule has 2 heterocycles. The number of nitrogens with zero attached hydrogens (tertiary/aromatic N) is 3. The highest BCUT2D eigenvalue weighted by molar-refractivity contribution is 5.97. The van der Waals surface area contributed by atoms with Crippen LogP contribution in [-0.2, 0) is 4.74 Å². The van der Waals surface area contributed by atoms with E-state index < -0.39 is 6.09 Å². The second-order valence-electron chi connectivity index (χ2n) is 10.3. The average molecular weight is 491 g/mol. The molecule has 6 nitrogen and oxygen atoms in total. The van der Waals surface area contributed by atoms with Crippen LogP contribution in [0.5, 0.6) is 0 Å². The summed E-state index contributed by atoms with van der Waals surface area (Å²) >= 11 is 0. The van der Waals surface area contributed by atoms with Gasteiger partial charge < -0.3 is 9.30 Å². The topological polar surface area (TPSA) is 79.9 Å². The van der Waals surface area contributed by atoms with Gasteiger partial charge in [-0.2, -0.15) is 5.26 Å². The number of carbonyl (C=O) groups is 1. The minimum atomic E-state index is -0.425. The minimum absolute atomic E-state index is 0.0597. The molecule has 0 unspecified atom stereocenters. The zero-order valence-electron chi connectivity index (χ0n) is 21.2. The maximum Gasteiger partial charge on any atom is 0.411 e. The molecule has 0 bridgehead atoms. The Morgan fingerprint density at radius 2 is 1.84 bits per heavy atom. The van der Waals surface area contributed by atoms with Crippen molar-refractivity contribution in [1.29, 1.82) is 5.26 Å². The maximum atomic E-state index is 12.3. The third-order valence-corrected chi connectivity index (χ3v) is 7.72. The van der Waals surface area contributed by atoms with Crippen LogP contribution >= 0.6 is 0 Å². The number of hydrogen-bond acceptors (Lipinski definition) is 4. The van der Waals surface area contributed by atoms with Gasteiger partial charge in [0.2, 0.25) is 0 Å². The zero-order valence-corrected chi connectivity index (χ0v) is 21.2. The van der Waals surface area contributed by atoms with Gasteiger partial charge in [-0.25, -0.2) is 4.79 Å². The summed E-state index contributed by atoms with van der Waals surface area (Å²) in [5.41, 5.74) is 7.28.